The molecule has 0 spiro atoms. The van der Waals surface area contributed by atoms with Gasteiger partial charge < -0.3 is 9.84 Å². The van der Waals surface area contributed by atoms with E-state index in [0.717, 1.165) is 40.9 Å². The van der Waals surface area contributed by atoms with Crippen molar-refractivity contribution in [2.75, 3.05) is 7.11 Å². The van der Waals surface area contributed by atoms with Gasteiger partial charge in [0.1, 0.15) is 5.75 Å². The first-order chi connectivity index (χ1) is 10.3. The van der Waals surface area contributed by atoms with Crippen LogP contribution in [0.25, 0.3) is 6.08 Å². The zero-order valence-corrected chi connectivity index (χ0v) is 13.8. The monoisotopic (exact) mass is 300 g/mol. The molecule has 1 fully saturated rings. The molecule has 3 nitrogen and oxygen atoms in total. The first kappa shape index (κ1) is 15.3. The van der Waals surface area contributed by atoms with E-state index in [9.17, 15) is 9.90 Å². The summed E-state index contributed by atoms with van der Waals surface area (Å²) in [7, 11) is 1.64. The molecule has 0 aliphatic heterocycles. The maximum Gasteiger partial charge on any atom is 0.164 e. The maximum absolute atomic E-state index is 12.8. The number of aryl methyl sites for hydroxylation is 1. The molecule has 1 aromatic carbocycles. The lowest BCUT2D eigenvalue weighted by Gasteiger charge is -2.42. The topological polar surface area (TPSA) is 46.5 Å². The van der Waals surface area contributed by atoms with E-state index in [2.05, 4.69) is 13.8 Å². The zero-order valence-electron chi connectivity index (χ0n) is 13.8. The van der Waals surface area contributed by atoms with Crippen LogP contribution < -0.4 is 4.74 Å². The van der Waals surface area contributed by atoms with Crippen molar-refractivity contribution in [3.05, 3.63) is 34.4 Å². The van der Waals surface area contributed by atoms with Crippen LogP contribution in [0.4, 0.5) is 0 Å². The third-order valence-electron chi connectivity index (χ3n) is 5.37. The van der Waals surface area contributed by atoms with Crippen LogP contribution in [0.5, 0.6) is 5.75 Å². The van der Waals surface area contributed by atoms with Crippen LogP contribution in [0.2, 0.25) is 0 Å². The van der Waals surface area contributed by atoms with Crippen LogP contribution in [-0.2, 0) is 0 Å². The van der Waals surface area contributed by atoms with E-state index in [1.807, 2.05) is 25.1 Å². The van der Waals surface area contributed by atoms with Crippen LogP contribution >= 0.6 is 0 Å². The molecule has 0 heterocycles. The van der Waals surface area contributed by atoms with E-state index in [-0.39, 0.29) is 17.1 Å². The Labute approximate surface area is 132 Å². The van der Waals surface area contributed by atoms with Gasteiger partial charge in [-0.1, -0.05) is 19.9 Å². The molecule has 2 aliphatic rings. The number of benzene rings is 1. The number of aliphatic hydroxyl groups excluding tert-OH is 1. The fourth-order valence-corrected chi connectivity index (χ4v) is 3.88. The zero-order chi connectivity index (χ0) is 16.1. The average molecular weight is 300 g/mol. The number of rotatable bonds is 1. The summed E-state index contributed by atoms with van der Waals surface area (Å²) < 4.78 is 5.39. The number of carbonyl (C=O) groups is 1. The first-order valence-electron chi connectivity index (χ1n) is 7.95. The summed E-state index contributed by atoms with van der Waals surface area (Å²) in [5.41, 5.74) is 3.65. The SMILES string of the molecule is COc1cc2c(cc1C)C(=O)C[C@H]1C(=C2)[C@@H](O)CCC1(C)C. The third kappa shape index (κ3) is 2.38. The predicted octanol–water partition coefficient (Wildman–Crippen LogP) is 3.77. The van der Waals surface area contributed by atoms with Gasteiger partial charge >= 0.3 is 0 Å². The van der Waals surface area contributed by atoms with Crippen LogP contribution in [0.1, 0.15) is 54.6 Å². The minimum Gasteiger partial charge on any atom is -0.496 e. The summed E-state index contributed by atoms with van der Waals surface area (Å²) >= 11 is 0. The molecule has 3 rings (SSSR count). The van der Waals surface area contributed by atoms with Gasteiger partial charge in [-0.15, -0.1) is 0 Å². The molecule has 2 atom stereocenters. The molecule has 0 bridgehead atoms. The van der Waals surface area contributed by atoms with E-state index in [0.29, 0.717) is 6.42 Å². The predicted molar refractivity (Wildman–Crippen MR) is 87.2 cm³/mol. The Morgan fingerprint density at radius 3 is 2.73 bits per heavy atom. The summed E-state index contributed by atoms with van der Waals surface area (Å²) in [6.45, 7) is 6.36. The fourth-order valence-electron chi connectivity index (χ4n) is 3.88. The minimum absolute atomic E-state index is 0.0435. The summed E-state index contributed by atoms with van der Waals surface area (Å²) in [6, 6.07) is 3.84. The molecule has 1 N–H and O–H groups in total. The Morgan fingerprint density at radius 2 is 2.05 bits per heavy atom. The average Bonchev–Trinajstić information content (AvgIpc) is 2.61. The van der Waals surface area contributed by atoms with Gasteiger partial charge in [0.15, 0.2) is 5.78 Å². The van der Waals surface area contributed by atoms with Crippen LogP contribution in [0.3, 0.4) is 0 Å². The number of ether oxygens (including phenoxy) is 1. The van der Waals surface area contributed by atoms with E-state index < -0.39 is 6.10 Å². The van der Waals surface area contributed by atoms with Gasteiger partial charge in [0.05, 0.1) is 13.2 Å². The van der Waals surface area contributed by atoms with Gasteiger partial charge in [-0.05, 0) is 59.9 Å². The van der Waals surface area contributed by atoms with E-state index in [1.165, 1.54) is 0 Å². The lowest BCUT2D eigenvalue weighted by atomic mass is 9.64. The standard InChI is InChI=1S/C19H24O3/c1-11-7-13-12(9-18(11)22-4)8-14-15(10-17(13)21)19(2,3)6-5-16(14)20/h7-9,15-16,20H,5-6,10H2,1-4H3/t15-,16-/m0/s1. The molecular formula is C19H24O3. The van der Waals surface area contributed by atoms with Crippen LogP contribution in [0, 0.1) is 18.3 Å². The number of ketones is 1. The van der Waals surface area contributed by atoms with Crippen molar-refractivity contribution in [1.29, 1.82) is 0 Å². The minimum atomic E-state index is -0.441. The largest absolute Gasteiger partial charge is 0.496 e. The number of hydrogen-bond acceptors (Lipinski definition) is 3. The molecule has 0 amide bonds. The van der Waals surface area contributed by atoms with Crippen LogP contribution in [-0.4, -0.2) is 24.1 Å². The van der Waals surface area contributed by atoms with Gasteiger partial charge in [-0.2, -0.15) is 0 Å². The summed E-state index contributed by atoms with van der Waals surface area (Å²) in [5.74, 6) is 1.06. The summed E-state index contributed by atoms with van der Waals surface area (Å²) in [4.78, 5) is 12.8. The second kappa shape index (κ2) is 5.24. The molecule has 0 aromatic heterocycles. The second-order valence-electron chi connectivity index (χ2n) is 7.28. The summed E-state index contributed by atoms with van der Waals surface area (Å²) in [6.07, 6.45) is 3.78. The number of fused-ring (bicyclic) bond motifs is 2. The molecule has 22 heavy (non-hydrogen) atoms. The Morgan fingerprint density at radius 1 is 1.32 bits per heavy atom. The van der Waals surface area contributed by atoms with Crippen molar-refractivity contribution in [3.8, 4) is 5.75 Å². The van der Waals surface area contributed by atoms with E-state index in [4.69, 9.17) is 4.74 Å². The lowest BCUT2D eigenvalue weighted by molar-refractivity contribution is 0.0726. The number of hydrogen-bond donors (Lipinski definition) is 1. The molecule has 1 aromatic rings. The van der Waals surface area contributed by atoms with Gasteiger partial charge in [0.2, 0.25) is 0 Å². The Kier molecular flexibility index (Phi) is 3.64. The molecule has 1 saturated carbocycles. The van der Waals surface area contributed by atoms with E-state index in [1.54, 1.807) is 7.11 Å². The molecule has 0 radical (unpaired) electrons. The summed E-state index contributed by atoms with van der Waals surface area (Å²) in [5, 5.41) is 10.4. The Bertz CT molecular complexity index is 655. The van der Waals surface area contributed by atoms with Gasteiger partial charge in [0, 0.05) is 12.0 Å². The third-order valence-corrected chi connectivity index (χ3v) is 5.37. The molecule has 0 unspecified atom stereocenters. The maximum atomic E-state index is 12.8. The first-order valence-corrected chi connectivity index (χ1v) is 7.95. The Hall–Kier alpha value is -1.61. The van der Waals surface area contributed by atoms with Crippen molar-refractivity contribution >= 4 is 11.9 Å². The fraction of sp³-hybridized carbons (Fsp3) is 0.526. The van der Waals surface area contributed by atoms with Gasteiger partial charge in [-0.25, -0.2) is 0 Å². The van der Waals surface area contributed by atoms with Crippen molar-refractivity contribution in [2.45, 2.75) is 46.1 Å². The van der Waals surface area contributed by atoms with Crippen molar-refractivity contribution in [1.82, 2.24) is 0 Å². The normalized spacial score (nSPS) is 26.6. The quantitative estimate of drug-likeness (QED) is 0.858. The number of methoxy groups -OCH3 is 1. The van der Waals surface area contributed by atoms with Gasteiger partial charge in [0.25, 0.3) is 0 Å². The second-order valence-corrected chi connectivity index (χ2v) is 7.28. The highest BCUT2D eigenvalue weighted by Gasteiger charge is 2.42. The smallest absolute Gasteiger partial charge is 0.164 e. The highest BCUT2D eigenvalue weighted by Crippen LogP contribution is 2.48. The van der Waals surface area contributed by atoms with Gasteiger partial charge in [-0.3, -0.25) is 4.79 Å². The van der Waals surface area contributed by atoms with Crippen molar-refractivity contribution in [3.63, 3.8) is 0 Å². The Balaban J connectivity index is 2.17. The lowest BCUT2D eigenvalue weighted by Crippen LogP contribution is -2.37. The van der Waals surface area contributed by atoms with E-state index >= 15 is 0 Å². The number of aliphatic hydroxyl groups is 1. The molecule has 118 valence electrons. The van der Waals surface area contributed by atoms with Crippen molar-refractivity contribution < 1.29 is 14.6 Å². The molecular weight excluding hydrogens is 276 g/mol. The number of carbonyl (C=O) groups excluding carboxylic acids is 1. The molecule has 3 heteroatoms. The van der Waals surface area contributed by atoms with Crippen LogP contribution in [0.15, 0.2) is 17.7 Å². The highest BCUT2D eigenvalue weighted by molar-refractivity contribution is 6.01. The molecule has 0 saturated heterocycles. The molecule has 2 aliphatic carbocycles. The highest BCUT2D eigenvalue weighted by atomic mass is 16.5. The number of Topliss-reactive ketones (excluding diaryl/α,β-unsaturated/α-hetero) is 1. The van der Waals surface area contributed by atoms with Crippen molar-refractivity contribution in [2.24, 2.45) is 11.3 Å².